The van der Waals surface area contributed by atoms with E-state index in [9.17, 15) is 14.0 Å². The van der Waals surface area contributed by atoms with Gasteiger partial charge in [-0.1, -0.05) is 23.5 Å². The third kappa shape index (κ3) is 3.41. The Morgan fingerprint density at radius 3 is 2.62 bits per heavy atom. The number of hydrogen-bond acceptors (Lipinski definition) is 7. The topological polar surface area (TPSA) is 111 Å². The summed E-state index contributed by atoms with van der Waals surface area (Å²) in [5.41, 5.74) is 14.0. The highest BCUT2D eigenvalue weighted by Crippen LogP contribution is 2.36. The third-order valence-electron chi connectivity index (χ3n) is 3.58. The predicted molar refractivity (Wildman–Crippen MR) is 95.7 cm³/mol. The molecule has 132 valence electrons. The Morgan fingerprint density at radius 1 is 1.23 bits per heavy atom. The van der Waals surface area contributed by atoms with E-state index in [1.807, 2.05) is 6.07 Å². The van der Waals surface area contributed by atoms with Crippen LogP contribution in [0.1, 0.15) is 11.3 Å². The van der Waals surface area contributed by atoms with Crippen molar-refractivity contribution >= 4 is 22.3 Å². The van der Waals surface area contributed by atoms with Gasteiger partial charge < -0.3 is 16.2 Å². The van der Waals surface area contributed by atoms with E-state index in [1.165, 1.54) is 23.5 Å². The van der Waals surface area contributed by atoms with Crippen LogP contribution in [0, 0.1) is 18.3 Å². The largest absolute Gasteiger partial charge is 0.435 e. The molecule has 0 saturated heterocycles. The van der Waals surface area contributed by atoms with Crippen LogP contribution in [0.2, 0.25) is 0 Å². The van der Waals surface area contributed by atoms with E-state index in [-0.39, 0.29) is 17.1 Å². The van der Waals surface area contributed by atoms with Crippen LogP contribution < -0.4 is 16.2 Å². The summed E-state index contributed by atoms with van der Waals surface area (Å²) >= 11 is 1.25. The van der Waals surface area contributed by atoms with Crippen LogP contribution in [0.5, 0.6) is 5.75 Å². The average Bonchev–Trinajstić information content (AvgIpc) is 2.92. The minimum Gasteiger partial charge on any atom is -0.435 e. The number of thiazole rings is 1. The van der Waals surface area contributed by atoms with Crippen molar-refractivity contribution in [2.75, 3.05) is 11.5 Å². The molecule has 1 aromatic carbocycles. The molecule has 0 atom stereocenters. The summed E-state index contributed by atoms with van der Waals surface area (Å²) in [6.45, 7) is -1.16. The second-order valence-corrected chi connectivity index (χ2v) is 6.33. The van der Waals surface area contributed by atoms with Crippen molar-refractivity contribution in [3.05, 3.63) is 41.6 Å². The van der Waals surface area contributed by atoms with Crippen LogP contribution in [0.15, 0.2) is 30.3 Å². The normalized spacial score (nSPS) is 10.7. The Bertz CT molecular complexity index is 1010. The highest BCUT2D eigenvalue weighted by Gasteiger charge is 2.17. The van der Waals surface area contributed by atoms with Gasteiger partial charge in [0.25, 0.3) is 0 Å². The van der Waals surface area contributed by atoms with Crippen molar-refractivity contribution in [2.45, 2.75) is 13.5 Å². The molecule has 0 aliphatic carbocycles. The van der Waals surface area contributed by atoms with Gasteiger partial charge >= 0.3 is 6.61 Å². The minimum absolute atomic E-state index is 0.0171. The van der Waals surface area contributed by atoms with E-state index >= 15 is 0 Å². The van der Waals surface area contributed by atoms with Crippen LogP contribution in [-0.4, -0.2) is 16.6 Å². The highest BCUT2D eigenvalue weighted by molar-refractivity contribution is 7.18. The smallest absolute Gasteiger partial charge is 0.387 e. The summed E-state index contributed by atoms with van der Waals surface area (Å²) in [5.74, 6) is 0.0168. The fourth-order valence-corrected chi connectivity index (χ4v) is 3.32. The molecule has 9 heteroatoms. The summed E-state index contributed by atoms with van der Waals surface area (Å²) < 4.78 is 29.4. The van der Waals surface area contributed by atoms with Crippen LogP contribution in [0.25, 0.3) is 21.7 Å². The molecule has 0 spiro atoms. The van der Waals surface area contributed by atoms with Gasteiger partial charge in [-0.15, -0.1) is 0 Å². The highest BCUT2D eigenvalue weighted by atomic mass is 32.1. The summed E-state index contributed by atoms with van der Waals surface area (Å²) in [7, 11) is 0. The Morgan fingerprint density at radius 2 is 2.00 bits per heavy atom. The summed E-state index contributed by atoms with van der Waals surface area (Å²) in [5, 5.41) is 9.83. The SMILES string of the molecule is Cc1nc(N)sc1-c1cc(-c2cccc(OC(F)F)c2)c(C#N)c(N)n1. The zero-order valence-corrected chi connectivity index (χ0v) is 14.3. The fraction of sp³-hybridized carbons (Fsp3) is 0.118. The lowest BCUT2D eigenvalue weighted by atomic mass is 9.99. The molecule has 0 bridgehead atoms. The summed E-state index contributed by atoms with van der Waals surface area (Å²) in [4.78, 5) is 9.14. The summed E-state index contributed by atoms with van der Waals surface area (Å²) in [6.07, 6.45) is 0. The molecule has 0 aliphatic heterocycles. The van der Waals surface area contributed by atoms with Gasteiger partial charge in [0, 0.05) is 5.56 Å². The quantitative estimate of drug-likeness (QED) is 0.719. The first-order chi connectivity index (χ1) is 12.4. The van der Waals surface area contributed by atoms with Gasteiger partial charge in [0.1, 0.15) is 23.2 Å². The number of aryl methyl sites for hydroxylation is 1. The molecule has 3 aromatic rings. The molecule has 3 rings (SSSR count). The Labute approximate surface area is 151 Å². The molecule has 2 aromatic heterocycles. The molecule has 0 aliphatic rings. The maximum Gasteiger partial charge on any atom is 0.387 e. The number of nitrogen functional groups attached to an aromatic ring is 2. The van der Waals surface area contributed by atoms with Crippen molar-refractivity contribution in [3.8, 4) is 33.5 Å². The predicted octanol–water partition coefficient (Wildman–Crippen LogP) is 3.82. The van der Waals surface area contributed by atoms with Gasteiger partial charge in [0.05, 0.1) is 16.3 Å². The Kier molecular flexibility index (Phi) is 4.69. The number of pyridine rings is 1. The van der Waals surface area contributed by atoms with E-state index in [4.69, 9.17) is 11.5 Å². The maximum absolute atomic E-state index is 12.5. The zero-order valence-electron chi connectivity index (χ0n) is 13.5. The molecular weight excluding hydrogens is 360 g/mol. The second-order valence-electron chi connectivity index (χ2n) is 5.30. The molecule has 26 heavy (non-hydrogen) atoms. The van der Waals surface area contributed by atoms with E-state index in [1.54, 1.807) is 25.1 Å². The number of nitrogens with zero attached hydrogens (tertiary/aromatic N) is 3. The van der Waals surface area contributed by atoms with Crippen molar-refractivity contribution in [3.63, 3.8) is 0 Å². The molecule has 2 heterocycles. The zero-order chi connectivity index (χ0) is 18.8. The van der Waals surface area contributed by atoms with Gasteiger partial charge in [-0.25, -0.2) is 9.97 Å². The monoisotopic (exact) mass is 373 g/mol. The van der Waals surface area contributed by atoms with Gasteiger partial charge in [-0.2, -0.15) is 14.0 Å². The number of halogens is 2. The van der Waals surface area contributed by atoms with Crippen molar-refractivity contribution in [1.82, 2.24) is 9.97 Å². The molecule has 0 amide bonds. The molecule has 4 N–H and O–H groups in total. The van der Waals surface area contributed by atoms with E-state index in [0.29, 0.717) is 27.6 Å². The van der Waals surface area contributed by atoms with Crippen molar-refractivity contribution in [2.24, 2.45) is 0 Å². The average molecular weight is 373 g/mol. The molecular formula is C17H13F2N5OS. The molecule has 0 fully saturated rings. The molecule has 0 saturated carbocycles. The number of alkyl halides is 2. The standard InChI is InChI=1S/C17H13F2N5OS/c1-8-14(26-17(22)23-8)13-6-11(12(7-20)15(21)24-13)9-3-2-4-10(5-9)25-16(18)19/h2-6,16H,1H3,(H2,21,24)(H2,22,23). The van der Waals surface area contributed by atoms with Crippen LogP contribution >= 0.6 is 11.3 Å². The first-order valence-corrected chi connectivity index (χ1v) is 8.20. The molecule has 0 radical (unpaired) electrons. The lowest BCUT2D eigenvalue weighted by Gasteiger charge is -2.11. The van der Waals surface area contributed by atoms with Gasteiger partial charge in [-0.3, -0.25) is 0 Å². The second kappa shape index (κ2) is 6.93. The molecule has 0 unspecified atom stereocenters. The number of anilines is 2. The number of nitrogens with two attached hydrogens (primary N) is 2. The number of rotatable bonds is 4. The van der Waals surface area contributed by atoms with Crippen molar-refractivity contribution < 1.29 is 13.5 Å². The van der Waals surface area contributed by atoms with Gasteiger partial charge in [0.15, 0.2) is 5.13 Å². The first-order valence-electron chi connectivity index (χ1n) is 7.38. The fourth-order valence-electron chi connectivity index (χ4n) is 2.52. The minimum atomic E-state index is -2.94. The molecule has 6 nitrogen and oxygen atoms in total. The summed E-state index contributed by atoms with van der Waals surface area (Å²) in [6, 6.07) is 9.72. The lowest BCUT2D eigenvalue weighted by Crippen LogP contribution is -2.02. The Hall–Kier alpha value is -3.25. The number of nitriles is 1. The third-order valence-corrected chi connectivity index (χ3v) is 4.58. The number of ether oxygens (including phenoxy) is 1. The number of hydrogen-bond donors (Lipinski definition) is 2. The van der Waals surface area contributed by atoms with E-state index < -0.39 is 6.61 Å². The first kappa shape index (κ1) is 17.6. The van der Waals surface area contributed by atoms with Gasteiger partial charge in [0.2, 0.25) is 0 Å². The number of benzene rings is 1. The Balaban J connectivity index is 2.17. The maximum atomic E-state index is 12.5. The lowest BCUT2D eigenvalue weighted by molar-refractivity contribution is -0.0498. The van der Waals surface area contributed by atoms with Crippen molar-refractivity contribution in [1.29, 1.82) is 5.26 Å². The van der Waals surface area contributed by atoms with Crippen LogP contribution in [-0.2, 0) is 0 Å². The van der Waals surface area contributed by atoms with Crippen LogP contribution in [0.4, 0.5) is 19.7 Å². The van der Waals surface area contributed by atoms with E-state index in [2.05, 4.69) is 14.7 Å². The van der Waals surface area contributed by atoms with Crippen LogP contribution in [0.3, 0.4) is 0 Å². The van der Waals surface area contributed by atoms with Gasteiger partial charge in [-0.05, 0) is 30.7 Å². The number of aromatic nitrogens is 2. The van der Waals surface area contributed by atoms with E-state index in [0.717, 1.165) is 4.88 Å².